The van der Waals surface area contributed by atoms with E-state index in [1.807, 2.05) is 30.3 Å². The molecule has 2 N–H and O–H groups in total. The summed E-state index contributed by atoms with van der Waals surface area (Å²) in [6.45, 7) is 0.326. The molecular formula is C34H38O11S. The maximum Gasteiger partial charge on any atom is 0.312 e. The topological polar surface area (TPSA) is 131 Å². The standard InChI is InChI=1S/C34H38O11S/c1-38-21-12-10-20(11-13-21)34-27(19-8-6-5-7-9-19)26(30(36)40-3)29(35)33(34,37)28-24(39-2)16-23(17-25(28)45-34)44-32-31(41-4)42-18-22(43-32)14-15-46/h5-13,16-17,22,26-27,29,31-32,35,37,46H,14-15,18H2,1-4H3/t22-,26+,27+,29+,31+,32-,33-,34-/m0/s1. The fourth-order valence-electron chi connectivity index (χ4n) is 7.12. The van der Waals surface area contributed by atoms with E-state index in [1.165, 1.54) is 21.3 Å². The number of ether oxygens (including phenoxy) is 8. The van der Waals surface area contributed by atoms with Gasteiger partial charge in [-0.15, -0.1) is 0 Å². The fraction of sp³-hybridized carbons (Fsp3) is 0.441. The fourth-order valence-corrected chi connectivity index (χ4v) is 7.41. The summed E-state index contributed by atoms with van der Waals surface area (Å²) < 4.78 is 47.0. The van der Waals surface area contributed by atoms with Gasteiger partial charge < -0.3 is 48.1 Å². The number of esters is 1. The summed E-state index contributed by atoms with van der Waals surface area (Å²) in [5.41, 5.74) is -2.62. The Morgan fingerprint density at radius 2 is 1.72 bits per heavy atom. The van der Waals surface area contributed by atoms with Crippen molar-refractivity contribution >= 4 is 18.6 Å². The minimum atomic E-state index is -2.20. The van der Waals surface area contributed by atoms with Gasteiger partial charge in [-0.05, 0) is 35.4 Å². The molecule has 0 unspecified atom stereocenters. The van der Waals surface area contributed by atoms with Gasteiger partial charge in [0.1, 0.15) is 29.1 Å². The molecule has 8 atom stereocenters. The zero-order valence-electron chi connectivity index (χ0n) is 26.0. The van der Waals surface area contributed by atoms with Crippen LogP contribution in [0.25, 0.3) is 0 Å². The van der Waals surface area contributed by atoms with Crippen LogP contribution in [0.1, 0.15) is 29.0 Å². The van der Waals surface area contributed by atoms with Crippen LogP contribution < -0.4 is 18.9 Å². The third-order valence-corrected chi connectivity index (χ3v) is 9.38. The van der Waals surface area contributed by atoms with Crippen LogP contribution in [0.2, 0.25) is 0 Å². The molecule has 46 heavy (non-hydrogen) atoms. The Bertz CT molecular complexity index is 1540. The summed E-state index contributed by atoms with van der Waals surface area (Å²) in [6, 6.07) is 19.3. The van der Waals surface area contributed by atoms with Gasteiger partial charge in [-0.1, -0.05) is 42.5 Å². The molecule has 1 saturated heterocycles. The van der Waals surface area contributed by atoms with Crippen LogP contribution in [0.3, 0.4) is 0 Å². The van der Waals surface area contributed by atoms with E-state index in [-0.39, 0.29) is 28.9 Å². The third-order valence-electron chi connectivity index (χ3n) is 9.12. The summed E-state index contributed by atoms with van der Waals surface area (Å²) >= 11 is 4.31. The molecule has 12 heteroatoms. The maximum absolute atomic E-state index is 13.5. The Hall–Kier alpha value is -3.52. The van der Waals surface area contributed by atoms with E-state index in [2.05, 4.69) is 12.6 Å². The molecule has 3 aromatic rings. The first kappa shape index (κ1) is 32.4. The van der Waals surface area contributed by atoms with Crippen molar-refractivity contribution < 1.29 is 52.9 Å². The van der Waals surface area contributed by atoms with E-state index >= 15 is 0 Å². The SMILES string of the molecule is COC(=O)[C@H]1[C@@H](O)[C@@]2(O)c3c(OC)cc(O[C@@H]4O[C@@H](CCS)CO[C@H]4OC)cc3O[C@@]2(c2ccc(OC)cc2)[C@@H]1c1ccccc1. The third kappa shape index (κ3) is 4.99. The van der Waals surface area contributed by atoms with Gasteiger partial charge in [-0.25, -0.2) is 0 Å². The van der Waals surface area contributed by atoms with Crippen LogP contribution in [0.5, 0.6) is 23.0 Å². The van der Waals surface area contributed by atoms with Gasteiger partial charge >= 0.3 is 5.97 Å². The summed E-state index contributed by atoms with van der Waals surface area (Å²) in [5.74, 6) is -1.02. The maximum atomic E-state index is 13.5. The van der Waals surface area contributed by atoms with Crippen LogP contribution in [-0.2, 0) is 34.9 Å². The summed E-state index contributed by atoms with van der Waals surface area (Å²) in [7, 11) is 5.73. The average Bonchev–Trinajstić information content (AvgIpc) is 3.46. The Morgan fingerprint density at radius 3 is 2.35 bits per heavy atom. The summed E-state index contributed by atoms with van der Waals surface area (Å²) in [6.07, 6.45) is -3.03. The van der Waals surface area contributed by atoms with E-state index in [9.17, 15) is 15.0 Å². The lowest BCUT2D eigenvalue weighted by Crippen LogP contribution is -2.52. The van der Waals surface area contributed by atoms with Crippen molar-refractivity contribution in [2.45, 2.75) is 48.3 Å². The van der Waals surface area contributed by atoms with Crippen molar-refractivity contribution in [3.05, 3.63) is 83.4 Å². The first-order chi connectivity index (χ1) is 22.3. The molecule has 6 rings (SSSR count). The molecule has 0 aromatic heterocycles. The van der Waals surface area contributed by atoms with Crippen molar-refractivity contribution in [2.75, 3.05) is 40.8 Å². The number of benzene rings is 3. The molecule has 0 bridgehead atoms. The zero-order chi connectivity index (χ0) is 32.6. The minimum absolute atomic E-state index is 0.162. The lowest BCUT2D eigenvalue weighted by atomic mass is 9.70. The zero-order valence-corrected chi connectivity index (χ0v) is 26.8. The van der Waals surface area contributed by atoms with Gasteiger partial charge in [-0.3, -0.25) is 4.79 Å². The number of hydrogen-bond donors (Lipinski definition) is 3. The first-order valence-electron chi connectivity index (χ1n) is 14.9. The highest BCUT2D eigenvalue weighted by molar-refractivity contribution is 7.80. The predicted molar refractivity (Wildman–Crippen MR) is 167 cm³/mol. The number of aliphatic hydroxyl groups is 2. The van der Waals surface area contributed by atoms with Crippen LogP contribution in [0, 0.1) is 5.92 Å². The molecule has 0 spiro atoms. The van der Waals surface area contributed by atoms with Crippen LogP contribution in [0.4, 0.5) is 0 Å². The number of carbonyl (C=O) groups excluding carboxylic acids is 1. The number of carbonyl (C=O) groups is 1. The molecule has 2 fully saturated rings. The molecule has 3 aliphatic rings. The molecule has 0 amide bonds. The predicted octanol–water partition coefficient (Wildman–Crippen LogP) is 3.54. The van der Waals surface area contributed by atoms with Gasteiger partial charge in [0.25, 0.3) is 6.29 Å². The highest BCUT2D eigenvalue weighted by Crippen LogP contribution is 2.70. The largest absolute Gasteiger partial charge is 0.497 e. The van der Waals surface area contributed by atoms with E-state index < -0.39 is 47.7 Å². The number of methoxy groups -OCH3 is 4. The molecule has 3 aromatic carbocycles. The van der Waals surface area contributed by atoms with E-state index in [4.69, 9.17) is 37.9 Å². The number of aliphatic hydroxyl groups excluding tert-OH is 1. The second-order valence-corrected chi connectivity index (χ2v) is 11.9. The van der Waals surface area contributed by atoms with Crippen molar-refractivity contribution in [2.24, 2.45) is 5.92 Å². The molecule has 1 aliphatic carbocycles. The Balaban J connectivity index is 1.53. The lowest BCUT2D eigenvalue weighted by Gasteiger charge is -2.40. The first-order valence-corrected chi connectivity index (χ1v) is 15.6. The van der Waals surface area contributed by atoms with Crippen molar-refractivity contribution in [3.8, 4) is 23.0 Å². The number of rotatable bonds is 10. The second kappa shape index (κ2) is 12.9. The van der Waals surface area contributed by atoms with E-state index in [0.717, 1.165) is 0 Å². The molecular weight excluding hydrogens is 616 g/mol. The monoisotopic (exact) mass is 654 g/mol. The van der Waals surface area contributed by atoms with Crippen molar-refractivity contribution in [1.29, 1.82) is 0 Å². The normalized spacial score (nSPS) is 31.4. The minimum Gasteiger partial charge on any atom is -0.497 e. The molecule has 2 aliphatic heterocycles. The Morgan fingerprint density at radius 1 is 0.978 bits per heavy atom. The Labute approximate surface area is 272 Å². The quantitative estimate of drug-likeness (QED) is 0.219. The molecule has 1 saturated carbocycles. The molecule has 246 valence electrons. The highest BCUT2D eigenvalue weighted by Gasteiger charge is 2.78. The number of fused-ring (bicyclic) bond motifs is 3. The highest BCUT2D eigenvalue weighted by atomic mass is 32.1. The number of hydrogen-bond acceptors (Lipinski definition) is 12. The van der Waals surface area contributed by atoms with Gasteiger partial charge in [0.05, 0.1) is 45.5 Å². The van der Waals surface area contributed by atoms with Gasteiger partial charge in [0, 0.05) is 25.2 Å². The second-order valence-electron chi connectivity index (χ2n) is 11.4. The number of thiol groups is 1. The lowest BCUT2D eigenvalue weighted by molar-refractivity contribution is -0.312. The smallest absolute Gasteiger partial charge is 0.312 e. The van der Waals surface area contributed by atoms with Crippen molar-refractivity contribution in [1.82, 2.24) is 0 Å². The van der Waals surface area contributed by atoms with E-state index in [1.54, 1.807) is 43.5 Å². The van der Waals surface area contributed by atoms with Gasteiger partial charge in [0.2, 0.25) is 6.29 Å². The van der Waals surface area contributed by atoms with Crippen LogP contribution in [-0.4, -0.2) is 81.8 Å². The molecule has 0 radical (unpaired) electrons. The summed E-state index contributed by atoms with van der Waals surface area (Å²) in [4.78, 5) is 13.5. The van der Waals surface area contributed by atoms with Crippen molar-refractivity contribution in [3.63, 3.8) is 0 Å². The van der Waals surface area contributed by atoms with Crippen LogP contribution in [0.15, 0.2) is 66.7 Å². The molecule has 11 nitrogen and oxygen atoms in total. The summed E-state index contributed by atoms with van der Waals surface area (Å²) in [5, 5.41) is 25.1. The van der Waals surface area contributed by atoms with Gasteiger partial charge in [-0.2, -0.15) is 12.6 Å². The molecule has 2 heterocycles. The van der Waals surface area contributed by atoms with Crippen LogP contribution >= 0.6 is 12.6 Å². The average molecular weight is 655 g/mol. The van der Waals surface area contributed by atoms with E-state index in [0.29, 0.717) is 35.7 Å². The van der Waals surface area contributed by atoms with Gasteiger partial charge in [0.15, 0.2) is 11.2 Å². The Kier molecular flexibility index (Phi) is 9.12.